The van der Waals surface area contributed by atoms with Gasteiger partial charge in [-0.1, -0.05) is 43.5 Å². The standard InChI is InChI=1S/C25H32N4O3/c1-7-11-26-23(30)19(12-15(3)4)29-14-20-21(24(29)31)22(27-25(32)28(20)8-2)18-10-9-16(5)13-17(18)6/h1,9-10,13,15,19,22H,8,11-12,14H2,2-6H3,(H,26,30)(H,27,32). The number of amides is 4. The molecule has 1 aromatic carbocycles. The van der Waals surface area contributed by atoms with E-state index in [1.54, 1.807) is 9.80 Å². The van der Waals surface area contributed by atoms with Gasteiger partial charge in [0, 0.05) is 6.54 Å². The Bertz CT molecular complexity index is 1000. The van der Waals surface area contributed by atoms with Gasteiger partial charge in [0.25, 0.3) is 5.91 Å². The molecule has 0 aromatic heterocycles. The summed E-state index contributed by atoms with van der Waals surface area (Å²) in [7, 11) is 0. The maximum atomic E-state index is 13.7. The van der Waals surface area contributed by atoms with Crippen molar-refractivity contribution in [2.45, 2.75) is 53.1 Å². The highest BCUT2D eigenvalue weighted by Crippen LogP contribution is 2.38. The zero-order valence-electron chi connectivity index (χ0n) is 19.5. The van der Waals surface area contributed by atoms with Crippen LogP contribution in [-0.2, 0) is 9.59 Å². The summed E-state index contributed by atoms with van der Waals surface area (Å²) >= 11 is 0. The lowest BCUT2D eigenvalue weighted by Gasteiger charge is -2.33. The topological polar surface area (TPSA) is 81.8 Å². The molecule has 0 aliphatic carbocycles. The molecule has 0 radical (unpaired) electrons. The first-order valence-electron chi connectivity index (χ1n) is 11.1. The highest BCUT2D eigenvalue weighted by atomic mass is 16.2. The SMILES string of the molecule is C#CCNC(=O)C(CC(C)C)N1CC2=C(C1=O)C(c1ccc(C)cc1C)NC(=O)N2CC. The van der Waals surface area contributed by atoms with E-state index >= 15 is 0 Å². The van der Waals surface area contributed by atoms with Gasteiger partial charge in [0.05, 0.1) is 30.4 Å². The quantitative estimate of drug-likeness (QED) is 0.645. The van der Waals surface area contributed by atoms with Gasteiger partial charge < -0.3 is 15.5 Å². The minimum Gasteiger partial charge on any atom is -0.343 e. The third-order valence-electron chi connectivity index (χ3n) is 6.04. The average molecular weight is 437 g/mol. The van der Waals surface area contributed by atoms with Crippen LogP contribution in [-0.4, -0.2) is 53.3 Å². The second kappa shape index (κ2) is 9.47. The van der Waals surface area contributed by atoms with Crippen molar-refractivity contribution in [1.82, 2.24) is 20.4 Å². The molecule has 0 spiro atoms. The molecule has 7 nitrogen and oxygen atoms in total. The molecule has 2 aliphatic rings. The molecule has 0 fully saturated rings. The summed E-state index contributed by atoms with van der Waals surface area (Å²) in [6, 6.07) is 4.54. The van der Waals surface area contributed by atoms with Crippen molar-refractivity contribution in [2.75, 3.05) is 19.6 Å². The molecule has 0 saturated carbocycles. The summed E-state index contributed by atoms with van der Waals surface area (Å²) in [5.41, 5.74) is 4.21. The number of carbonyl (C=O) groups excluding carboxylic acids is 3. The van der Waals surface area contributed by atoms with Crippen molar-refractivity contribution in [3.63, 3.8) is 0 Å². The Kier molecular flexibility index (Phi) is 6.93. The fourth-order valence-electron chi connectivity index (χ4n) is 4.56. The van der Waals surface area contributed by atoms with Crippen LogP contribution in [0.3, 0.4) is 0 Å². The second-order valence-corrected chi connectivity index (χ2v) is 8.85. The summed E-state index contributed by atoms with van der Waals surface area (Å²) in [4.78, 5) is 42.8. The van der Waals surface area contributed by atoms with Crippen molar-refractivity contribution in [2.24, 2.45) is 5.92 Å². The zero-order valence-corrected chi connectivity index (χ0v) is 19.5. The predicted molar refractivity (Wildman–Crippen MR) is 123 cm³/mol. The molecule has 2 unspecified atom stereocenters. The van der Waals surface area contributed by atoms with Gasteiger partial charge >= 0.3 is 6.03 Å². The molecule has 2 heterocycles. The van der Waals surface area contributed by atoms with Crippen molar-refractivity contribution >= 4 is 17.8 Å². The molecule has 0 saturated heterocycles. The summed E-state index contributed by atoms with van der Waals surface area (Å²) < 4.78 is 0. The summed E-state index contributed by atoms with van der Waals surface area (Å²) in [5, 5.41) is 5.74. The highest BCUT2D eigenvalue weighted by Gasteiger charge is 2.47. The average Bonchev–Trinajstić information content (AvgIpc) is 3.06. The molecular formula is C25H32N4O3. The highest BCUT2D eigenvalue weighted by molar-refractivity contribution is 6.03. The Morgan fingerprint density at radius 1 is 1.31 bits per heavy atom. The van der Waals surface area contributed by atoms with Crippen molar-refractivity contribution in [3.05, 3.63) is 46.2 Å². The van der Waals surface area contributed by atoms with Gasteiger partial charge in [-0.05, 0) is 44.2 Å². The van der Waals surface area contributed by atoms with Crippen LogP contribution in [0.25, 0.3) is 0 Å². The van der Waals surface area contributed by atoms with Crippen molar-refractivity contribution in [1.29, 1.82) is 0 Å². The van der Waals surface area contributed by atoms with Crippen LogP contribution in [0.2, 0.25) is 0 Å². The van der Waals surface area contributed by atoms with E-state index in [2.05, 4.69) is 16.6 Å². The van der Waals surface area contributed by atoms with E-state index in [1.165, 1.54) is 0 Å². The Morgan fingerprint density at radius 2 is 2.03 bits per heavy atom. The van der Waals surface area contributed by atoms with E-state index in [0.717, 1.165) is 16.7 Å². The number of carbonyl (C=O) groups is 3. The monoisotopic (exact) mass is 436 g/mol. The molecule has 2 aliphatic heterocycles. The number of likely N-dealkylation sites (N-methyl/N-ethyl adjacent to an activating group) is 1. The fourth-order valence-corrected chi connectivity index (χ4v) is 4.56. The largest absolute Gasteiger partial charge is 0.343 e. The molecule has 3 rings (SSSR count). The number of hydrogen-bond donors (Lipinski definition) is 2. The number of hydrogen-bond acceptors (Lipinski definition) is 3. The number of terminal acetylenes is 1. The van der Waals surface area contributed by atoms with E-state index in [4.69, 9.17) is 6.42 Å². The van der Waals surface area contributed by atoms with Gasteiger partial charge in [0.2, 0.25) is 5.91 Å². The van der Waals surface area contributed by atoms with Crippen LogP contribution >= 0.6 is 0 Å². The molecule has 1 aromatic rings. The lowest BCUT2D eigenvalue weighted by molar-refractivity contribution is -0.136. The number of urea groups is 1. The Labute approximate surface area is 190 Å². The first kappa shape index (κ1) is 23.4. The maximum absolute atomic E-state index is 13.7. The van der Waals surface area contributed by atoms with E-state index < -0.39 is 12.1 Å². The molecule has 7 heteroatoms. The van der Waals surface area contributed by atoms with Gasteiger partial charge in [-0.15, -0.1) is 6.42 Å². The van der Waals surface area contributed by atoms with Crippen LogP contribution in [0.4, 0.5) is 4.79 Å². The van der Waals surface area contributed by atoms with Crippen LogP contribution in [0.1, 0.15) is 49.9 Å². The molecule has 0 bridgehead atoms. The lowest BCUT2D eigenvalue weighted by atomic mass is 9.91. The number of nitrogens with zero attached hydrogens (tertiary/aromatic N) is 2. The van der Waals surface area contributed by atoms with Gasteiger partial charge in [-0.25, -0.2) is 4.79 Å². The van der Waals surface area contributed by atoms with Gasteiger partial charge in [-0.3, -0.25) is 14.5 Å². The summed E-state index contributed by atoms with van der Waals surface area (Å²) in [6.07, 6.45) is 5.81. The molecule has 170 valence electrons. The Hall–Kier alpha value is -3.27. The number of rotatable bonds is 7. The second-order valence-electron chi connectivity index (χ2n) is 8.85. The minimum absolute atomic E-state index is 0.106. The van der Waals surface area contributed by atoms with E-state index in [9.17, 15) is 14.4 Å². The van der Waals surface area contributed by atoms with Gasteiger partial charge in [0.15, 0.2) is 0 Å². The van der Waals surface area contributed by atoms with E-state index in [-0.39, 0.29) is 36.9 Å². The summed E-state index contributed by atoms with van der Waals surface area (Å²) in [6.45, 7) is 10.6. The Morgan fingerprint density at radius 3 is 2.62 bits per heavy atom. The Balaban J connectivity index is 2.03. The molecule has 2 N–H and O–H groups in total. The number of aryl methyl sites for hydroxylation is 2. The third-order valence-corrected chi connectivity index (χ3v) is 6.04. The number of benzene rings is 1. The minimum atomic E-state index is -0.657. The lowest BCUT2D eigenvalue weighted by Crippen LogP contribution is -2.49. The van der Waals surface area contributed by atoms with Crippen LogP contribution < -0.4 is 10.6 Å². The van der Waals surface area contributed by atoms with Gasteiger partial charge in [-0.2, -0.15) is 0 Å². The fraction of sp³-hybridized carbons (Fsp3) is 0.480. The summed E-state index contributed by atoms with van der Waals surface area (Å²) in [5.74, 6) is 2.12. The smallest absolute Gasteiger partial charge is 0.322 e. The van der Waals surface area contributed by atoms with Gasteiger partial charge in [0.1, 0.15) is 6.04 Å². The van der Waals surface area contributed by atoms with Crippen LogP contribution in [0, 0.1) is 32.1 Å². The molecular weight excluding hydrogens is 404 g/mol. The first-order chi connectivity index (χ1) is 15.2. The van der Waals surface area contributed by atoms with E-state index in [0.29, 0.717) is 24.2 Å². The normalized spacial score (nSPS) is 19.1. The van der Waals surface area contributed by atoms with Crippen molar-refractivity contribution in [3.8, 4) is 12.3 Å². The van der Waals surface area contributed by atoms with Crippen molar-refractivity contribution < 1.29 is 14.4 Å². The van der Waals surface area contributed by atoms with Crippen LogP contribution in [0.15, 0.2) is 29.5 Å². The van der Waals surface area contributed by atoms with E-state index in [1.807, 2.05) is 52.8 Å². The zero-order chi connectivity index (χ0) is 23.6. The molecule has 32 heavy (non-hydrogen) atoms. The maximum Gasteiger partial charge on any atom is 0.322 e. The number of nitrogens with one attached hydrogen (secondary N) is 2. The predicted octanol–water partition coefficient (Wildman–Crippen LogP) is 2.65. The molecule has 2 atom stereocenters. The third kappa shape index (κ3) is 4.36. The molecule has 4 amide bonds. The first-order valence-corrected chi connectivity index (χ1v) is 11.1. The van der Waals surface area contributed by atoms with Crippen LogP contribution in [0.5, 0.6) is 0 Å².